The lowest BCUT2D eigenvalue weighted by atomic mass is 10.0. The van der Waals surface area contributed by atoms with Gasteiger partial charge in [0, 0.05) is 12.5 Å². The fourth-order valence-electron chi connectivity index (χ4n) is 2.42. The smallest absolute Gasteiger partial charge is 0.243 e. The normalized spacial score (nSPS) is 15.3. The highest BCUT2D eigenvalue weighted by molar-refractivity contribution is 5.91. The van der Waals surface area contributed by atoms with E-state index < -0.39 is 18.0 Å². The zero-order valence-corrected chi connectivity index (χ0v) is 16.6. The molecule has 0 bridgehead atoms. The van der Waals surface area contributed by atoms with Crippen molar-refractivity contribution in [3.63, 3.8) is 0 Å². The summed E-state index contributed by atoms with van der Waals surface area (Å²) in [4.78, 5) is 36.5. The lowest BCUT2D eigenvalue weighted by molar-refractivity contribution is -0.130. The molecule has 0 heterocycles. The molecule has 1 aromatic rings. The molecule has 0 saturated heterocycles. The van der Waals surface area contributed by atoms with Crippen LogP contribution in [0, 0.1) is 5.92 Å². The summed E-state index contributed by atoms with van der Waals surface area (Å²) in [7, 11) is 0. The summed E-state index contributed by atoms with van der Waals surface area (Å²) in [6.45, 7) is 3.46. The maximum Gasteiger partial charge on any atom is 0.243 e. The van der Waals surface area contributed by atoms with Crippen LogP contribution in [0.25, 0.3) is 0 Å². The third-order valence-corrected chi connectivity index (χ3v) is 4.30. The molecule has 8 heteroatoms. The van der Waals surface area contributed by atoms with E-state index in [0.717, 1.165) is 18.4 Å². The molecule has 1 saturated carbocycles. The molecule has 3 amide bonds. The molecule has 150 valence electrons. The van der Waals surface area contributed by atoms with Crippen LogP contribution in [-0.2, 0) is 20.8 Å². The van der Waals surface area contributed by atoms with Crippen LogP contribution in [0.2, 0.25) is 0 Å². The van der Waals surface area contributed by atoms with E-state index in [1.165, 1.54) is 0 Å². The molecular formula is C19H29ClN4O3. The van der Waals surface area contributed by atoms with Gasteiger partial charge in [0.2, 0.25) is 17.7 Å². The Kier molecular flexibility index (Phi) is 9.25. The topological polar surface area (TPSA) is 113 Å². The summed E-state index contributed by atoms with van der Waals surface area (Å²) in [5.41, 5.74) is 6.71. The molecule has 0 aliphatic heterocycles. The highest BCUT2D eigenvalue weighted by Gasteiger charge is 2.28. The van der Waals surface area contributed by atoms with Crippen LogP contribution < -0.4 is 21.7 Å². The predicted octanol–water partition coefficient (Wildman–Crippen LogP) is 0.514. The molecule has 7 nitrogen and oxygen atoms in total. The first-order chi connectivity index (χ1) is 12.4. The number of nitrogens with two attached hydrogens (primary N) is 1. The first-order valence-electron chi connectivity index (χ1n) is 9.03. The molecule has 0 aromatic heterocycles. The van der Waals surface area contributed by atoms with Crippen molar-refractivity contribution < 1.29 is 14.4 Å². The fourth-order valence-corrected chi connectivity index (χ4v) is 2.42. The van der Waals surface area contributed by atoms with Gasteiger partial charge >= 0.3 is 0 Å². The number of amides is 3. The Balaban J connectivity index is 0.00000364. The average molecular weight is 397 g/mol. The molecular weight excluding hydrogens is 368 g/mol. The molecule has 1 aliphatic rings. The fraction of sp³-hybridized carbons (Fsp3) is 0.526. The van der Waals surface area contributed by atoms with Crippen molar-refractivity contribution in [3.05, 3.63) is 35.9 Å². The number of hydrogen-bond acceptors (Lipinski definition) is 4. The molecule has 5 N–H and O–H groups in total. The largest absolute Gasteiger partial charge is 0.352 e. The zero-order valence-electron chi connectivity index (χ0n) is 15.7. The molecule has 1 aromatic carbocycles. The molecule has 27 heavy (non-hydrogen) atoms. The lowest BCUT2D eigenvalue weighted by Gasteiger charge is -2.20. The van der Waals surface area contributed by atoms with E-state index in [4.69, 9.17) is 5.73 Å². The number of halogens is 1. The minimum atomic E-state index is -0.679. The van der Waals surface area contributed by atoms with Crippen LogP contribution in [0.4, 0.5) is 0 Å². The third kappa shape index (κ3) is 7.97. The summed E-state index contributed by atoms with van der Waals surface area (Å²) in [6.07, 6.45) is 2.34. The van der Waals surface area contributed by atoms with Crippen molar-refractivity contribution >= 4 is 30.1 Å². The van der Waals surface area contributed by atoms with Crippen LogP contribution in [0.5, 0.6) is 0 Å². The molecule has 1 fully saturated rings. The second-order valence-corrected chi connectivity index (χ2v) is 7.08. The van der Waals surface area contributed by atoms with Crippen molar-refractivity contribution in [2.45, 2.75) is 51.2 Å². The molecule has 2 rings (SSSR count). The monoisotopic (exact) mass is 396 g/mol. The Morgan fingerprint density at radius 1 is 1.11 bits per heavy atom. The Labute approximate surface area is 166 Å². The van der Waals surface area contributed by atoms with Gasteiger partial charge < -0.3 is 21.7 Å². The summed E-state index contributed by atoms with van der Waals surface area (Å²) < 4.78 is 0. The van der Waals surface area contributed by atoms with Crippen molar-refractivity contribution in [2.24, 2.45) is 11.7 Å². The summed E-state index contributed by atoms with van der Waals surface area (Å²) in [5.74, 6) is -1.01. The lowest BCUT2D eigenvalue weighted by Crippen LogP contribution is -2.52. The SMILES string of the molecule is CC(C)[C@H](N)C(=O)NCC(=O)NC(Cc1ccccc1)C(=O)NC1CC1.Cl. The first kappa shape index (κ1) is 22.9. The zero-order chi connectivity index (χ0) is 19.1. The van der Waals surface area contributed by atoms with Crippen LogP contribution in [-0.4, -0.2) is 42.4 Å². The van der Waals surface area contributed by atoms with Crippen molar-refractivity contribution in [1.82, 2.24) is 16.0 Å². The summed E-state index contributed by atoms with van der Waals surface area (Å²) in [6, 6.07) is 8.36. The van der Waals surface area contributed by atoms with Gasteiger partial charge in [-0.25, -0.2) is 0 Å². The Morgan fingerprint density at radius 2 is 1.74 bits per heavy atom. The Bertz CT molecular complexity index is 635. The van der Waals surface area contributed by atoms with Gasteiger partial charge in [0.15, 0.2) is 0 Å². The first-order valence-corrected chi connectivity index (χ1v) is 9.03. The number of nitrogens with one attached hydrogen (secondary N) is 3. The van der Waals surface area contributed by atoms with Gasteiger partial charge in [-0.05, 0) is 24.3 Å². The summed E-state index contributed by atoms with van der Waals surface area (Å²) in [5, 5.41) is 8.15. The van der Waals surface area contributed by atoms with E-state index in [-0.39, 0.29) is 42.7 Å². The standard InChI is InChI=1S/C19H28N4O3.ClH/c1-12(2)17(20)19(26)21-11-16(24)23-15(18(25)22-14-8-9-14)10-13-6-4-3-5-7-13;/h3-7,12,14-15,17H,8-11,20H2,1-2H3,(H,21,26)(H,22,25)(H,23,24);1H/t15?,17-;/m0./s1. The number of rotatable bonds is 9. The summed E-state index contributed by atoms with van der Waals surface area (Å²) >= 11 is 0. The number of carbonyl (C=O) groups is 3. The van der Waals surface area contributed by atoms with Crippen molar-refractivity contribution in [1.29, 1.82) is 0 Å². The van der Waals surface area contributed by atoms with E-state index in [1.807, 2.05) is 44.2 Å². The number of hydrogen-bond donors (Lipinski definition) is 4. The van der Waals surface area contributed by atoms with E-state index in [0.29, 0.717) is 6.42 Å². The van der Waals surface area contributed by atoms with Crippen molar-refractivity contribution in [3.8, 4) is 0 Å². The third-order valence-electron chi connectivity index (χ3n) is 4.30. The van der Waals surface area contributed by atoms with Gasteiger partial charge in [-0.3, -0.25) is 14.4 Å². The predicted molar refractivity (Wildman–Crippen MR) is 106 cm³/mol. The van der Waals surface area contributed by atoms with Gasteiger partial charge in [0.25, 0.3) is 0 Å². The highest BCUT2D eigenvalue weighted by atomic mass is 35.5. The van der Waals surface area contributed by atoms with Crippen LogP contribution in [0.1, 0.15) is 32.3 Å². The number of benzene rings is 1. The van der Waals surface area contributed by atoms with Gasteiger partial charge in [0.05, 0.1) is 12.6 Å². The Hall–Kier alpha value is -2.12. The minimum absolute atomic E-state index is 0. The second kappa shape index (κ2) is 10.9. The highest BCUT2D eigenvalue weighted by Crippen LogP contribution is 2.19. The van der Waals surface area contributed by atoms with Crippen LogP contribution >= 0.6 is 12.4 Å². The second-order valence-electron chi connectivity index (χ2n) is 7.08. The molecule has 2 atom stereocenters. The van der Waals surface area contributed by atoms with Gasteiger partial charge in [-0.1, -0.05) is 44.2 Å². The minimum Gasteiger partial charge on any atom is -0.352 e. The molecule has 1 aliphatic carbocycles. The maximum absolute atomic E-state index is 12.4. The Morgan fingerprint density at radius 3 is 2.30 bits per heavy atom. The van der Waals surface area contributed by atoms with E-state index in [2.05, 4.69) is 16.0 Å². The van der Waals surface area contributed by atoms with E-state index in [9.17, 15) is 14.4 Å². The van der Waals surface area contributed by atoms with Crippen LogP contribution in [0.3, 0.4) is 0 Å². The van der Waals surface area contributed by atoms with E-state index in [1.54, 1.807) is 0 Å². The number of carbonyl (C=O) groups excluding carboxylic acids is 3. The van der Waals surface area contributed by atoms with Gasteiger partial charge in [-0.2, -0.15) is 0 Å². The van der Waals surface area contributed by atoms with Crippen molar-refractivity contribution in [2.75, 3.05) is 6.54 Å². The van der Waals surface area contributed by atoms with Gasteiger partial charge in [-0.15, -0.1) is 12.4 Å². The quantitative estimate of drug-likeness (QED) is 0.487. The maximum atomic E-state index is 12.4. The molecule has 0 spiro atoms. The molecule has 0 radical (unpaired) electrons. The molecule has 1 unspecified atom stereocenters. The van der Waals surface area contributed by atoms with E-state index >= 15 is 0 Å². The average Bonchev–Trinajstić information content (AvgIpc) is 3.43. The van der Waals surface area contributed by atoms with Gasteiger partial charge in [0.1, 0.15) is 6.04 Å². The van der Waals surface area contributed by atoms with Crippen LogP contribution in [0.15, 0.2) is 30.3 Å².